The minimum Gasteiger partial charge on any atom is -0.286 e. The van der Waals surface area contributed by atoms with Crippen molar-refractivity contribution in [1.29, 1.82) is 0 Å². The standard InChI is InChI=1S/C19H24N2OS2/c1-13(2)12-23-19-20-16-11-14(3)24-17(16)18(22)21(19)10-9-15-7-5-4-6-8-15/h4-8,13-14H,9-12H2,1-3H3. The third-order valence-electron chi connectivity index (χ3n) is 3.98. The third-order valence-corrected chi connectivity index (χ3v) is 6.59. The summed E-state index contributed by atoms with van der Waals surface area (Å²) in [5.41, 5.74) is 2.40. The Kier molecular flexibility index (Phi) is 5.72. The summed E-state index contributed by atoms with van der Waals surface area (Å²) in [6, 6.07) is 10.3. The average molecular weight is 361 g/mol. The summed E-state index contributed by atoms with van der Waals surface area (Å²) in [4.78, 5) is 18.7. The van der Waals surface area contributed by atoms with Gasteiger partial charge in [-0.05, 0) is 17.9 Å². The Morgan fingerprint density at radius 3 is 2.79 bits per heavy atom. The molecule has 0 fully saturated rings. The summed E-state index contributed by atoms with van der Waals surface area (Å²) in [6.07, 6.45) is 1.76. The molecule has 1 aliphatic heterocycles. The van der Waals surface area contributed by atoms with E-state index in [1.165, 1.54) is 5.56 Å². The van der Waals surface area contributed by atoms with Crippen LogP contribution in [0.25, 0.3) is 0 Å². The molecule has 0 saturated heterocycles. The monoisotopic (exact) mass is 360 g/mol. The maximum absolute atomic E-state index is 13.0. The second-order valence-corrected chi connectivity index (χ2v) is 9.14. The molecular formula is C19H24N2OS2. The lowest BCUT2D eigenvalue weighted by Crippen LogP contribution is -2.26. The van der Waals surface area contributed by atoms with Crippen LogP contribution in [0, 0.1) is 5.92 Å². The van der Waals surface area contributed by atoms with Gasteiger partial charge in [0.25, 0.3) is 5.56 Å². The SMILES string of the molecule is CC(C)CSc1nc2c(c(=O)n1CCc1ccccc1)SC(C)C2. The van der Waals surface area contributed by atoms with E-state index in [-0.39, 0.29) is 5.56 Å². The summed E-state index contributed by atoms with van der Waals surface area (Å²) in [7, 11) is 0. The zero-order chi connectivity index (χ0) is 17.1. The van der Waals surface area contributed by atoms with Crippen molar-refractivity contribution in [3.63, 3.8) is 0 Å². The van der Waals surface area contributed by atoms with E-state index in [1.54, 1.807) is 23.5 Å². The van der Waals surface area contributed by atoms with E-state index in [9.17, 15) is 4.79 Å². The van der Waals surface area contributed by atoms with Gasteiger partial charge < -0.3 is 0 Å². The normalized spacial score (nSPS) is 16.6. The van der Waals surface area contributed by atoms with Gasteiger partial charge in [0.1, 0.15) is 0 Å². The summed E-state index contributed by atoms with van der Waals surface area (Å²) in [5, 5.41) is 1.34. The van der Waals surface area contributed by atoms with Crippen molar-refractivity contribution in [2.24, 2.45) is 5.92 Å². The van der Waals surface area contributed by atoms with Crippen LogP contribution in [0.5, 0.6) is 0 Å². The molecule has 3 nitrogen and oxygen atoms in total. The average Bonchev–Trinajstić information content (AvgIpc) is 2.94. The Bertz CT molecular complexity index is 756. The highest BCUT2D eigenvalue weighted by Crippen LogP contribution is 2.34. The predicted molar refractivity (Wildman–Crippen MR) is 103 cm³/mol. The Morgan fingerprint density at radius 2 is 2.08 bits per heavy atom. The van der Waals surface area contributed by atoms with Crippen LogP contribution < -0.4 is 5.56 Å². The number of benzene rings is 1. The maximum atomic E-state index is 13.0. The van der Waals surface area contributed by atoms with Gasteiger partial charge in [-0.2, -0.15) is 0 Å². The van der Waals surface area contributed by atoms with Gasteiger partial charge in [-0.1, -0.05) is 62.9 Å². The van der Waals surface area contributed by atoms with E-state index < -0.39 is 0 Å². The van der Waals surface area contributed by atoms with Crippen molar-refractivity contribution in [1.82, 2.24) is 9.55 Å². The molecule has 24 heavy (non-hydrogen) atoms. The molecule has 1 aromatic heterocycles. The lowest BCUT2D eigenvalue weighted by molar-refractivity contribution is 0.563. The molecule has 1 atom stereocenters. The molecular weight excluding hydrogens is 336 g/mol. The first-order chi connectivity index (χ1) is 11.5. The van der Waals surface area contributed by atoms with Crippen LogP contribution in [0.4, 0.5) is 0 Å². The molecule has 5 heteroatoms. The Hall–Kier alpha value is -1.20. The molecule has 1 aliphatic rings. The van der Waals surface area contributed by atoms with E-state index >= 15 is 0 Å². The molecule has 2 aromatic rings. The zero-order valence-corrected chi connectivity index (χ0v) is 16.1. The Morgan fingerprint density at radius 1 is 1.33 bits per heavy atom. The predicted octanol–water partition coefficient (Wildman–Crippen LogP) is 4.27. The van der Waals surface area contributed by atoms with Gasteiger partial charge in [0.2, 0.25) is 0 Å². The molecule has 0 amide bonds. The minimum atomic E-state index is 0.150. The second kappa shape index (κ2) is 7.79. The molecule has 2 heterocycles. The maximum Gasteiger partial charge on any atom is 0.268 e. The lowest BCUT2D eigenvalue weighted by atomic mass is 10.1. The number of hydrogen-bond donors (Lipinski definition) is 0. The van der Waals surface area contributed by atoms with Gasteiger partial charge in [-0.25, -0.2) is 4.98 Å². The summed E-state index contributed by atoms with van der Waals surface area (Å²) in [5.74, 6) is 1.57. The van der Waals surface area contributed by atoms with Crippen LogP contribution >= 0.6 is 23.5 Å². The Labute approximate surface area is 152 Å². The topological polar surface area (TPSA) is 34.9 Å². The molecule has 0 aliphatic carbocycles. The van der Waals surface area contributed by atoms with Crippen LogP contribution in [-0.2, 0) is 19.4 Å². The molecule has 1 aromatic carbocycles. The van der Waals surface area contributed by atoms with Crippen LogP contribution in [0.15, 0.2) is 45.2 Å². The number of fused-ring (bicyclic) bond motifs is 1. The van der Waals surface area contributed by atoms with E-state index in [1.807, 2.05) is 22.8 Å². The number of aryl methyl sites for hydroxylation is 1. The van der Waals surface area contributed by atoms with Gasteiger partial charge in [0.15, 0.2) is 5.16 Å². The smallest absolute Gasteiger partial charge is 0.268 e. The third kappa shape index (κ3) is 4.06. The number of thioether (sulfide) groups is 2. The quantitative estimate of drug-likeness (QED) is 0.569. The fourth-order valence-corrected chi connectivity index (χ4v) is 4.87. The summed E-state index contributed by atoms with van der Waals surface area (Å²) in [6.45, 7) is 7.26. The molecule has 0 spiro atoms. The first-order valence-electron chi connectivity index (χ1n) is 8.51. The largest absolute Gasteiger partial charge is 0.286 e. The van der Waals surface area contributed by atoms with Crippen molar-refractivity contribution in [2.45, 2.75) is 55.5 Å². The first-order valence-corrected chi connectivity index (χ1v) is 10.4. The van der Waals surface area contributed by atoms with Gasteiger partial charge in [-0.15, -0.1) is 11.8 Å². The number of nitrogens with zero attached hydrogens (tertiary/aromatic N) is 2. The highest BCUT2D eigenvalue weighted by Gasteiger charge is 2.26. The molecule has 128 valence electrons. The number of aromatic nitrogens is 2. The van der Waals surface area contributed by atoms with Gasteiger partial charge in [0.05, 0.1) is 10.6 Å². The van der Waals surface area contributed by atoms with Crippen LogP contribution in [-0.4, -0.2) is 20.6 Å². The minimum absolute atomic E-state index is 0.150. The fourth-order valence-electron chi connectivity index (χ4n) is 2.77. The molecule has 0 N–H and O–H groups in total. The van der Waals surface area contributed by atoms with Gasteiger partial charge in [0, 0.05) is 24.0 Å². The van der Waals surface area contributed by atoms with Crippen LogP contribution in [0.1, 0.15) is 32.0 Å². The van der Waals surface area contributed by atoms with Gasteiger partial charge in [-0.3, -0.25) is 9.36 Å². The molecule has 1 unspecified atom stereocenters. The first kappa shape index (κ1) is 17.6. The van der Waals surface area contributed by atoms with Crippen molar-refractivity contribution in [2.75, 3.05) is 5.75 Å². The number of hydrogen-bond acceptors (Lipinski definition) is 4. The van der Waals surface area contributed by atoms with Crippen LogP contribution in [0.2, 0.25) is 0 Å². The molecule has 3 rings (SSSR count). The highest BCUT2D eigenvalue weighted by molar-refractivity contribution is 8.00. The fraction of sp³-hybridized carbons (Fsp3) is 0.474. The Balaban J connectivity index is 1.90. The highest BCUT2D eigenvalue weighted by atomic mass is 32.2. The van der Waals surface area contributed by atoms with Crippen molar-refractivity contribution in [3.05, 3.63) is 51.9 Å². The van der Waals surface area contributed by atoms with Crippen LogP contribution in [0.3, 0.4) is 0 Å². The van der Waals surface area contributed by atoms with E-state index in [0.717, 1.165) is 34.3 Å². The van der Waals surface area contributed by atoms with Crippen molar-refractivity contribution >= 4 is 23.5 Å². The van der Waals surface area contributed by atoms with Crippen molar-refractivity contribution in [3.8, 4) is 0 Å². The number of rotatable bonds is 6. The summed E-state index contributed by atoms with van der Waals surface area (Å²) < 4.78 is 1.89. The summed E-state index contributed by atoms with van der Waals surface area (Å²) >= 11 is 3.40. The zero-order valence-electron chi connectivity index (χ0n) is 14.5. The van der Waals surface area contributed by atoms with E-state index in [0.29, 0.717) is 17.7 Å². The lowest BCUT2D eigenvalue weighted by Gasteiger charge is -2.14. The second-order valence-electron chi connectivity index (χ2n) is 6.70. The van der Waals surface area contributed by atoms with Crippen molar-refractivity contribution < 1.29 is 0 Å². The van der Waals surface area contributed by atoms with Gasteiger partial charge >= 0.3 is 0 Å². The molecule has 0 radical (unpaired) electrons. The van der Waals surface area contributed by atoms with E-state index in [4.69, 9.17) is 4.98 Å². The molecule has 0 bridgehead atoms. The van der Waals surface area contributed by atoms with E-state index in [2.05, 4.69) is 32.9 Å². The molecule has 0 saturated carbocycles.